The molecule has 4 heteroatoms. The SMILES string of the molecule is CC=CC(=O)OCCCCCO[SiH](CC)CC. The molecule has 0 aromatic heterocycles. The van der Waals surface area contributed by atoms with Crippen LogP contribution in [-0.2, 0) is 14.0 Å². The van der Waals surface area contributed by atoms with Crippen LogP contribution < -0.4 is 0 Å². The standard InChI is InChI=1S/C13H26O3Si/c1-4-10-13(14)15-11-8-7-9-12-16-17(5-2)6-3/h4,10,17H,5-9,11-12H2,1-3H3. The molecule has 0 N–H and O–H groups in total. The number of esters is 1. The van der Waals surface area contributed by atoms with Gasteiger partial charge < -0.3 is 9.16 Å². The molecule has 0 saturated heterocycles. The normalized spacial score (nSPS) is 11.3. The lowest BCUT2D eigenvalue weighted by atomic mass is 10.2. The van der Waals surface area contributed by atoms with Gasteiger partial charge in [0, 0.05) is 12.7 Å². The maximum Gasteiger partial charge on any atom is 0.330 e. The van der Waals surface area contributed by atoms with Crippen molar-refractivity contribution in [1.29, 1.82) is 0 Å². The molecule has 0 rings (SSSR count). The molecule has 0 aromatic rings. The summed E-state index contributed by atoms with van der Waals surface area (Å²) < 4.78 is 10.8. The highest BCUT2D eigenvalue weighted by molar-refractivity contribution is 6.51. The zero-order valence-electron chi connectivity index (χ0n) is 11.4. The van der Waals surface area contributed by atoms with Gasteiger partial charge in [-0.05, 0) is 38.3 Å². The molecule has 0 saturated carbocycles. The first kappa shape index (κ1) is 16.4. The fraction of sp³-hybridized carbons (Fsp3) is 0.769. The van der Waals surface area contributed by atoms with Gasteiger partial charge in [-0.25, -0.2) is 4.79 Å². The lowest BCUT2D eigenvalue weighted by molar-refractivity contribution is -0.137. The summed E-state index contributed by atoms with van der Waals surface area (Å²) in [5, 5.41) is 0. The van der Waals surface area contributed by atoms with Crippen LogP contribution in [0.1, 0.15) is 40.0 Å². The third-order valence-electron chi connectivity index (χ3n) is 2.60. The zero-order valence-corrected chi connectivity index (χ0v) is 12.6. The van der Waals surface area contributed by atoms with E-state index in [9.17, 15) is 4.79 Å². The van der Waals surface area contributed by atoms with Crippen molar-refractivity contribution in [3.63, 3.8) is 0 Å². The Bertz CT molecular complexity index is 213. The average Bonchev–Trinajstić information content (AvgIpc) is 2.33. The summed E-state index contributed by atoms with van der Waals surface area (Å²) in [6.07, 6.45) is 6.21. The highest BCUT2D eigenvalue weighted by Crippen LogP contribution is 2.03. The Morgan fingerprint density at radius 1 is 1.12 bits per heavy atom. The topological polar surface area (TPSA) is 35.5 Å². The minimum atomic E-state index is -0.871. The predicted molar refractivity (Wildman–Crippen MR) is 73.7 cm³/mol. The largest absolute Gasteiger partial charge is 0.463 e. The van der Waals surface area contributed by atoms with E-state index in [0.717, 1.165) is 25.9 Å². The first-order valence-corrected chi connectivity index (χ1v) is 8.76. The van der Waals surface area contributed by atoms with Gasteiger partial charge in [-0.1, -0.05) is 19.9 Å². The summed E-state index contributed by atoms with van der Waals surface area (Å²) in [4.78, 5) is 11.0. The van der Waals surface area contributed by atoms with Crippen LogP contribution in [0.4, 0.5) is 0 Å². The molecular weight excluding hydrogens is 232 g/mol. The highest BCUT2D eigenvalue weighted by Gasteiger charge is 2.04. The molecule has 0 heterocycles. The van der Waals surface area contributed by atoms with E-state index in [1.54, 1.807) is 13.0 Å². The molecule has 0 aromatic carbocycles. The van der Waals surface area contributed by atoms with Crippen molar-refractivity contribution in [3.05, 3.63) is 12.2 Å². The smallest absolute Gasteiger partial charge is 0.330 e. The second-order valence-electron chi connectivity index (χ2n) is 4.04. The molecule has 0 radical (unpaired) electrons. The van der Waals surface area contributed by atoms with Gasteiger partial charge in [-0.3, -0.25) is 0 Å². The molecule has 0 fully saturated rings. The molecule has 100 valence electrons. The Morgan fingerprint density at radius 3 is 2.35 bits per heavy atom. The predicted octanol–water partition coefficient (Wildman–Crippen LogP) is 3.06. The second-order valence-corrected chi connectivity index (χ2v) is 7.25. The van der Waals surface area contributed by atoms with Gasteiger partial charge in [0.1, 0.15) is 0 Å². The van der Waals surface area contributed by atoms with Crippen molar-refractivity contribution < 1.29 is 14.0 Å². The zero-order chi connectivity index (χ0) is 12.9. The lowest BCUT2D eigenvalue weighted by Gasteiger charge is -2.11. The maximum atomic E-state index is 11.0. The van der Waals surface area contributed by atoms with Crippen molar-refractivity contribution in [2.24, 2.45) is 0 Å². The van der Waals surface area contributed by atoms with Crippen molar-refractivity contribution >= 4 is 15.0 Å². The van der Waals surface area contributed by atoms with Gasteiger partial charge in [0.2, 0.25) is 0 Å². The van der Waals surface area contributed by atoms with Crippen molar-refractivity contribution in [2.45, 2.75) is 52.1 Å². The third-order valence-corrected chi connectivity index (χ3v) is 5.13. The number of unbranched alkanes of at least 4 members (excludes halogenated alkanes) is 2. The monoisotopic (exact) mass is 258 g/mol. The molecule has 17 heavy (non-hydrogen) atoms. The molecule has 0 aliphatic rings. The Balaban J connectivity index is 3.26. The summed E-state index contributed by atoms with van der Waals surface area (Å²) in [6.45, 7) is 7.62. The van der Waals surface area contributed by atoms with Crippen molar-refractivity contribution in [1.82, 2.24) is 0 Å². The minimum Gasteiger partial charge on any atom is -0.463 e. The van der Waals surface area contributed by atoms with Gasteiger partial charge in [-0.2, -0.15) is 0 Å². The number of carbonyl (C=O) groups excluding carboxylic acids is 1. The average molecular weight is 258 g/mol. The summed E-state index contributed by atoms with van der Waals surface area (Å²) in [7, 11) is -0.871. The van der Waals surface area contributed by atoms with E-state index >= 15 is 0 Å². The summed E-state index contributed by atoms with van der Waals surface area (Å²) in [5.74, 6) is -0.242. The van der Waals surface area contributed by atoms with Crippen LogP contribution in [0, 0.1) is 0 Å². The van der Waals surface area contributed by atoms with Crippen LogP contribution in [0.15, 0.2) is 12.2 Å². The maximum absolute atomic E-state index is 11.0. The Labute approximate surface area is 107 Å². The van der Waals surface area contributed by atoms with Gasteiger partial charge >= 0.3 is 5.97 Å². The fourth-order valence-corrected chi connectivity index (χ4v) is 3.06. The Morgan fingerprint density at radius 2 is 1.76 bits per heavy atom. The first-order chi connectivity index (χ1) is 8.24. The van der Waals surface area contributed by atoms with Crippen LogP contribution in [-0.4, -0.2) is 28.2 Å². The molecule has 0 aliphatic heterocycles. The summed E-state index contributed by atoms with van der Waals surface area (Å²) in [6, 6.07) is 2.44. The van der Waals surface area contributed by atoms with E-state index in [-0.39, 0.29) is 5.97 Å². The number of ether oxygens (including phenoxy) is 1. The van der Waals surface area contributed by atoms with Crippen molar-refractivity contribution in [3.8, 4) is 0 Å². The number of allylic oxidation sites excluding steroid dienone is 1. The van der Waals surface area contributed by atoms with E-state index in [4.69, 9.17) is 9.16 Å². The van der Waals surface area contributed by atoms with Gasteiger partial charge in [-0.15, -0.1) is 0 Å². The van der Waals surface area contributed by atoms with E-state index in [1.807, 2.05) is 0 Å². The van der Waals surface area contributed by atoms with E-state index < -0.39 is 9.04 Å². The van der Waals surface area contributed by atoms with Crippen LogP contribution >= 0.6 is 0 Å². The van der Waals surface area contributed by atoms with Crippen molar-refractivity contribution in [2.75, 3.05) is 13.2 Å². The first-order valence-electron chi connectivity index (χ1n) is 6.65. The fourth-order valence-electron chi connectivity index (χ4n) is 1.51. The Kier molecular flexibility index (Phi) is 11.4. The van der Waals surface area contributed by atoms with Crippen LogP contribution in [0.2, 0.25) is 12.1 Å². The van der Waals surface area contributed by atoms with Gasteiger partial charge in [0.15, 0.2) is 9.04 Å². The van der Waals surface area contributed by atoms with Crippen LogP contribution in [0.5, 0.6) is 0 Å². The van der Waals surface area contributed by atoms with E-state index in [2.05, 4.69) is 13.8 Å². The molecule has 0 bridgehead atoms. The highest BCUT2D eigenvalue weighted by atomic mass is 28.3. The molecular formula is C13H26O3Si. The number of rotatable bonds is 10. The van der Waals surface area contributed by atoms with E-state index in [0.29, 0.717) is 6.61 Å². The lowest BCUT2D eigenvalue weighted by Crippen LogP contribution is -2.15. The molecule has 0 spiro atoms. The van der Waals surface area contributed by atoms with Gasteiger partial charge in [0.05, 0.1) is 6.61 Å². The third kappa shape index (κ3) is 10.3. The molecule has 0 atom stereocenters. The minimum absolute atomic E-state index is 0.242. The summed E-state index contributed by atoms with van der Waals surface area (Å²) >= 11 is 0. The number of hydrogen-bond donors (Lipinski definition) is 0. The Hall–Kier alpha value is -0.613. The molecule has 0 amide bonds. The van der Waals surface area contributed by atoms with Crippen LogP contribution in [0.25, 0.3) is 0 Å². The quantitative estimate of drug-likeness (QED) is 0.261. The van der Waals surface area contributed by atoms with Crippen LogP contribution in [0.3, 0.4) is 0 Å². The molecule has 0 unspecified atom stereocenters. The van der Waals surface area contributed by atoms with E-state index in [1.165, 1.54) is 18.2 Å². The summed E-state index contributed by atoms with van der Waals surface area (Å²) in [5.41, 5.74) is 0. The second kappa shape index (κ2) is 11.9. The number of carbonyl (C=O) groups is 1. The van der Waals surface area contributed by atoms with Gasteiger partial charge in [0.25, 0.3) is 0 Å². The number of hydrogen-bond acceptors (Lipinski definition) is 3. The molecule has 3 nitrogen and oxygen atoms in total. The molecule has 0 aliphatic carbocycles.